The summed E-state index contributed by atoms with van der Waals surface area (Å²) in [5, 5.41) is 54.7. The van der Waals surface area contributed by atoms with Crippen LogP contribution in [0.5, 0.6) is 0 Å². The molecular weight excluding hydrogens is 803 g/mol. The van der Waals surface area contributed by atoms with Gasteiger partial charge in [-0.2, -0.15) is 0 Å². The van der Waals surface area contributed by atoms with Gasteiger partial charge >= 0.3 is 0 Å². The number of ether oxygens (including phenoxy) is 2. The molecule has 7 unspecified atom stereocenters. The van der Waals surface area contributed by atoms with Crippen molar-refractivity contribution in [2.75, 3.05) is 13.2 Å². The van der Waals surface area contributed by atoms with Crippen LogP contribution in [0.2, 0.25) is 0 Å². The minimum absolute atomic E-state index is 0.131. The SMILES string of the molecule is CCCCCCCCCCCCCCCCCCCCCCCCC(O)C(COC1OC(CO)C(O)C(O)C1O)NC(=O)CCCCCCCCCCCCCCCCCCCCC. The van der Waals surface area contributed by atoms with Gasteiger partial charge in [-0.15, -0.1) is 0 Å². The van der Waals surface area contributed by atoms with Gasteiger partial charge in [0.05, 0.1) is 25.4 Å². The zero-order valence-electron chi connectivity index (χ0n) is 42.3. The molecule has 0 radical (unpaired) electrons. The molecule has 382 valence electrons. The second-order valence-electron chi connectivity index (χ2n) is 20.1. The third-order valence-electron chi connectivity index (χ3n) is 14.0. The van der Waals surface area contributed by atoms with E-state index in [9.17, 15) is 30.3 Å². The highest BCUT2D eigenvalue weighted by molar-refractivity contribution is 5.76. The van der Waals surface area contributed by atoms with E-state index in [1.807, 2.05) is 0 Å². The fourth-order valence-corrected chi connectivity index (χ4v) is 9.46. The summed E-state index contributed by atoms with van der Waals surface area (Å²) in [5.74, 6) is -0.137. The number of carbonyl (C=O) groups is 1. The molecule has 1 amide bonds. The van der Waals surface area contributed by atoms with Gasteiger partial charge in [0.1, 0.15) is 24.4 Å². The van der Waals surface area contributed by atoms with Gasteiger partial charge in [0, 0.05) is 6.42 Å². The third kappa shape index (κ3) is 35.3. The van der Waals surface area contributed by atoms with Crippen molar-refractivity contribution in [2.24, 2.45) is 0 Å². The Morgan fingerprint density at radius 1 is 0.469 bits per heavy atom. The van der Waals surface area contributed by atoms with Crippen LogP contribution in [-0.2, 0) is 14.3 Å². The van der Waals surface area contributed by atoms with E-state index >= 15 is 0 Å². The van der Waals surface area contributed by atoms with Crippen LogP contribution >= 0.6 is 0 Å². The first kappa shape index (κ1) is 61.2. The maximum absolute atomic E-state index is 13.1. The summed E-state index contributed by atoms with van der Waals surface area (Å²) in [6.07, 6.45) is 46.9. The van der Waals surface area contributed by atoms with Crippen LogP contribution in [-0.4, -0.2) is 87.5 Å². The normalized spacial score (nSPS) is 19.9. The molecule has 9 heteroatoms. The van der Waals surface area contributed by atoms with Gasteiger partial charge < -0.3 is 40.3 Å². The van der Waals surface area contributed by atoms with Gasteiger partial charge in [0.2, 0.25) is 5.91 Å². The molecule has 0 bridgehead atoms. The van der Waals surface area contributed by atoms with Gasteiger partial charge in [-0.3, -0.25) is 4.79 Å². The first-order valence-corrected chi connectivity index (χ1v) is 28.2. The second-order valence-corrected chi connectivity index (χ2v) is 20.1. The molecule has 1 aliphatic rings. The maximum Gasteiger partial charge on any atom is 0.220 e. The number of hydrogen-bond donors (Lipinski definition) is 6. The predicted octanol–water partition coefficient (Wildman–Crippen LogP) is 13.5. The standard InChI is InChI=1S/C55H109NO8/c1-3-5-7-9-11-13-15-17-19-21-23-24-25-27-28-30-32-34-36-38-40-42-44-49(58)48(47-63-55-54(62)53(61)52(60)50(46-57)64-55)56-51(59)45-43-41-39-37-35-33-31-29-26-22-20-18-16-14-12-10-8-6-4-2/h48-50,52-55,57-58,60-62H,3-47H2,1-2H3,(H,56,59). The lowest BCUT2D eigenvalue weighted by molar-refractivity contribution is -0.302. The van der Waals surface area contributed by atoms with Crippen LogP contribution in [0.25, 0.3) is 0 Å². The van der Waals surface area contributed by atoms with Gasteiger partial charge in [0.25, 0.3) is 0 Å². The minimum Gasteiger partial charge on any atom is -0.394 e. The molecule has 6 N–H and O–H groups in total. The topological polar surface area (TPSA) is 149 Å². The van der Waals surface area contributed by atoms with Gasteiger partial charge in [0.15, 0.2) is 6.29 Å². The van der Waals surface area contributed by atoms with E-state index in [2.05, 4.69) is 19.2 Å². The van der Waals surface area contributed by atoms with E-state index in [4.69, 9.17) is 9.47 Å². The highest BCUT2D eigenvalue weighted by atomic mass is 16.7. The molecule has 7 atom stereocenters. The Morgan fingerprint density at radius 3 is 1.11 bits per heavy atom. The second kappa shape index (κ2) is 45.9. The number of hydrogen-bond acceptors (Lipinski definition) is 8. The van der Waals surface area contributed by atoms with Crippen molar-refractivity contribution < 1.29 is 39.8 Å². The lowest BCUT2D eigenvalue weighted by atomic mass is 9.99. The van der Waals surface area contributed by atoms with E-state index in [-0.39, 0.29) is 12.5 Å². The van der Waals surface area contributed by atoms with Gasteiger partial charge in [-0.05, 0) is 12.8 Å². The summed E-state index contributed by atoms with van der Waals surface area (Å²) < 4.78 is 11.3. The van der Waals surface area contributed by atoms with E-state index in [0.29, 0.717) is 12.8 Å². The molecule has 0 aromatic rings. The minimum atomic E-state index is -1.55. The summed E-state index contributed by atoms with van der Waals surface area (Å²) >= 11 is 0. The molecule has 1 saturated heterocycles. The number of aliphatic hydroxyl groups is 5. The quantitative estimate of drug-likeness (QED) is 0.0331. The molecule has 1 rings (SSSR count). The largest absolute Gasteiger partial charge is 0.394 e. The van der Waals surface area contributed by atoms with Crippen molar-refractivity contribution in [3.05, 3.63) is 0 Å². The Balaban J connectivity index is 2.21. The van der Waals surface area contributed by atoms with Crippen LogP contribution < -0.4 is 5.32 Å². The fraction of sp³-hybridized carbons (Fsp3) is 0.982. The zero-order valence-corrected chi connectivity index (χ0v) is 42.3. The molecule has 1 heterocycles. The fourth-order valence-electron chi connectivity index (χ4n) is 9.46. The molecule has 0 saturated carbocycles. The monoisotopic (exact) mass is 912 g/mol. The Labute approximate surface area is 395 Å². The zero-order chi connectivity index (χ0) is 46.6. The van der Waals surface area contributed by atoms with Crippen LogP contribution in [0.3, 0.4) is 0 Å². The van der Waals surface area contributed by atoms with E-state index in [1.165, 1.54) is 225 Å². The van der Waals surface area contributed by atoms with Crippen LogP contribution in [0, 0.1) is 0 Å². The third-order valence-corrected chi connectivity index (χ3v) is 14.0. The highest BCUT2D eigenvalue weighted by Gasteiger charge is 2.44. The average Bonchev–Trinajstić information content (AvgIpc) is 3.29. The van der Waals surface area contributed by atoms with Crippen molar-refractivity contribution in [3.63, 3.8) is 0 Å². The average molecular weight is 912 g/mol. The summed E-state index contributed by atoms with van der Waals surface area (Å²) in [6, 6.07) is -0.713. The number of unbranched alkanes of at least 4 members (excludes halogenated alkanes) is 39. The Kier molecular flexibility index (Phi) is 43.9. The van der Waals surface area contributed by atoms with Crippen molar-refractivity contribution in [1.29, 1.82) is 0 Å². The van der Waals surface area contributed by atoms with Gasteiger partial charge in [-0.1, -0.05) is 271 Å². The van der Waals surface area contributed by atoms with E-state index < -0.39 is 49.5 Å². The number of nitrogens with one attached hydrogen (secondary N) is 1. The number of carbonyl (C=O) groups excluding carboxylic acids is 1. The van der Waals surface area contributed by atoms with Crippen LogP contribution in [0.4, 0.5) is 0 Å². The Morgan fingerprint density at radius 2 is 0.781 bits per heavy atom. The van der Waals surface area contributed by atoms with Gasteiger partial charge in [-0.25, -0.2) is 0 Å². The van der Waals surface area contributed by atoms with Crippen LogP contribution in [0.1, 0.15) is 290 Å². The first-order chi connectivity index (χ1) is 31.3. The predicted molar refractivity (Wildman–Crippen MR) is 268 cm³/mol. The molecule has 64 heavy (non-hydrogen) atoms. The van der Waals surface area contributed by atoms with Crippen molar-refractivity contribution >= 4 is 5.91 Å². The molecule has 0 spiro atoms. The molecule has 0 aromatic carbocycles. The summed E-state index contributed by atoms with van der Waals surface area (Å²) in [5.41, 5.74) is 0. The lowest BCUT2D eigenvalue weighted by Gasteiger charge is -2.40. The smallest absolute Gasteiger partial charge is 0.220 e. The molecule has 0 aromatic heterocycles. The summed E-state index contributed by atoms with van der Waals surface area (Å²) in [4.78, 5) is 13.1. The lowest BCUT2D eigenvalue weighted by Crippen LogP contribution is -2.60. The van der Waals surface area contributed by atoms with Crippen molar-refractivity contribution in [3.8, 4) is 0 Å². The molecule has 0 aliphatic carbocycles. The van der Waals surface area contributed by atoms with E-state index in [0.717, 1.165) is 38.5 Å². The molecule has 1 fully saturated rings. The van der Waals surface area contributed by atoms with Crippen molar-refractivity contribution in [2.45, 2.75) is 333 Å². The number of rotatable bonds is 49. The highest BCUT2D eigenvalue weighted by Crippen LogP contribution is 2.23. The molecule has 9 nitrogen and oxygen atoms in total. The molecule has 1 aliphatic heterocycles. The summed E-state index contributed by atoms with van der Waals surface area (Å²) in [7, 11) is 0. The first-order valence-electron chi connectivity index (χ1n) is 28.2. The van der Waals surface area contributed by atoms with Crippen molar-refractivity contribution in [1.82, 2.24) is 5.32 Å². The molecular formula is C55H109NO8. The van der Waals surface area contributed by atoms with Crippen LogP contribution in [0.15, 0.2) is 0 Å². The Bertz CT molecular complexity index is 970. The maximum atomic E-state index is 13.1. The number of amides is 1. The summed E-state index contributed by atoms with van der Waals surface area (Å²) in [6.45, 7) is 3.88. The number of aliphatic hydroxyl groups excluding tert-OH is 5. The Hall–Kier alpha value is -0.810. The van der Waals surface area contributed by atoms with E-state index in [1.54, 1.807) is 0 Å².